The number of amides is 1. The van der Waals surface area contributed by atoms with Gasteiger partial charge in [0.05, 0.1) is 5.92 Å². The van der Waals surface area contributed by atoms with Gasteiger partial charge in [0, 0.05) is 24.7 Å². The standard InChI is InChI=1S/C21H31FN2O/c22-20-13-7-6-9-17(20)15-24-14-8-10-18(16-24)21(25)23-19-11-4-2-1-3-5-12-19/h6-7,9,13,18-19H,1-5,8,10-12,14-16H2,(H,23,25). The normalized spacial score (nSPS) is 23.6. The summed E-state index contributed by atoms with van der Waals surface area (Å²) < 4.78 is 13.9. The van der Waals surface area contributed by atoms with Gasteiger partial charge in [-0.05, 0) is 38.3 Å². The first-order valence-electron chi connectivity index (χ1n) is 9.98. The van der Waals surface area contributed by atoms with Crippen molar-refractivity contribution in [3.63, 3.8) is 0 Å². The van der Waals surface area contributed by atoms with E-state index >= 15 is 0 Å². The van der Waals surface area contributed by atoms with Gasteiger partial charge >= 0.3 is 0 Å². The minimum atomic E-state index is -0.149. The molecule has 1 aromatic rings. The van der Waals surface area contributed by atoms with Gasteiger partial charge in [0.15, 0.2) is 0 Å². The van der Waals surface area contributed by atoms with Crippen molar-refractivity contribution in [2.45, 2.75) is 70.4 Å². The van der Waals surface area contributed by atoms with Crippen LogP contribution >= 0.6 is 0 Å². The molecule has 1 N–H and O–H groups in total. The van der Waals surface area contributed by atoms with E-state index in [2.05, 4.69) is 10.2 Å². The molecular weight excluding hydrogens is 315 g/mol. The maximum absolute atomic E-state index is 13.9. The van der Waals surface area contributed by atoms with Crippen molar-refractivity contribution in [1.82, 2.24) is 10.2 Å². The molecule has 0 bridgehead atoms. The van der Waals surface area contributed by atoms with E-state index in [1.165, 1.54) is 38.2 Å². The third-order valence-electron chi connectivity index (χ3n) is 5.68. The van der Waals surface area contributed by atoms with Crippen LogP contribution in [0.1, 0.15) is 63.4 Å². The van der Waals surface area contributed by atoms with Crippen molar-refractivity contribution in [3.8, 4) is 0 Å². The van der Waals surface area contributed by atoms with Crippen molar-refractivity contribution in [1.29, 1.82) is 0 Å². The molecule has 1 saturated carbocycles. The molecule has 1 unspecified atom stereocenters. The van der Waals surface area contributed by atoms with E-state index in [0.717, 1.165) is 44.3 Å². The molecule has 4 heteroatoms. The van der Waals surface area contributed by atoms with E-state index in [0.29, 0.717) is 12.6 Å². The van der Waals surface area contributed by atoms with E-state index in [1.54, 1.807) is 6.07 Å². The summed E-state index contributed by atoms with van der Waals surface area (Å²) in [6.45, 7) is 2.29. The molecule has 0 radical (unpaired) electrons. The number of piperidine rings is 1. The summed E-state index contributed by atoms with van der Waals surface area (Å²) >= 11 is 0. The van der Waals surface area contributed by atoms with Crippen LogP contribution in [0.15, 0.2) is 24.3 Å². The quantitative estimate of drug-likeness (QED) is 0.883. The summed E-state index contributed by atoms with van der Waals surface area (Å²) in [5, 5.41) is 3.31. The molecule has 2 fully saturated rings. The lowest BCUT2D eigenvalue weighted by Crippen LogP contribution is -2.45. The molecule has 3 nitrogen and oxygen atoms in total. The predicted molar refractivity (Wildman–Crippen MR) is 98.7 cm³/mol. The number of hydrogen-bond donors (Lipinski definition) is 1. The molecule has 1 atom stereocenters. The zero-order chi connectivity index (χ0) is 17.5. The van der Waals surface area contributed by atoms with E-state index in [1.807, 2.05) is 12.1 Å². The van der Waals surface area contributed by atoms with Gasteiger partial charge in [-0.15, -0.1) is 0 Å². The number of halogens is 1. The molecular formula is C21H31FN2O. The maximum atomic E-state index is 13.9. The number of likely N-dealkylation sites (tertiary alicyclic amines) is 1. The SMILES string of the molecule is O=C(NC1CCCCCCC1)C1CCCN(Cc2ccccc2F)C1. The van der Waals surface area contributed by atoms with Crippen molar-refractivity contribution in [2.75, 3.05) is 13.1 Å². The van der Waals surface area contributed by atoms with Crippen LogP contribution in [0.5, 0.6) is 0 Å². The molecule has 1 aliphatic heterocycles. The monoisotopic (exact) mass is 346 g/mol. The Kier molecular flexibility index (Phi) is 6.85. The summed E-state index contributed by atoms with van der Waals surface area (Å²) in [5.74, 6) is 0.110. The van der Waals surface area contributed by atoms with Gasteiger partial charge in [-0.1, -0.05) is 50.3 Å². The summed E-state index contributed by atoms with van der Waals surface area (Å²) in [6.07, 6.45) is 10.6. The fraction of sp³-hybridized carbons (Fsp3) is 0.667. The van der Waals surface area contributed by atoms with Crippen LogP contribution in [-0.4, -0.2) is 29.9 Å². The van der Waals surface area contributed by atoms with Crippen LogP contribution in [-0.2, 0) is 11.3 Å². The highest BCUT2D eigenvalue weighted by atomic mass is 19.1. The molecule has 25 heavy (non-hydrogen) atoms. The maximum Gasteiger partial charge on any atom is 0.224 e. The molecule has 2 aliphatic rings. The predicted octanol–water partition coefficient (Wildman–Crippen LogP) is 4.27. The first-order chi connectivity index (χ1) is 12.2. The second-order valence-electron chi connectivity index (χ2n) is 7.72. The van der Waals surface area contributed by atoms with E-state index in [-0.39, 0.29) is 17.6 Å². The molecule has 1 saturated heterocycles. The van der Waals surface area contributed by atoms with Crippen LogP contribution in [0.4, 0.5) is 4.39 Å². The number of rotatable bonds is 4. The Balaban J connectivity index is 1.51. The van der Waals surface area contributed by atoms with E-state index < -0.39 is 0 Å². The first-order valence-corrected chi connectivity index (χ1v) is 9.98. The van der Waals surface area contributed by atoms with Gasteiger partial charge < -0.3 is 5.32 Å². The highest BCUT2D eigenvalue weighted by Gasteiger charge is 2.27. The number of nitrogens with one attached hydrogen (secondary N) is 1. The van der Waals surface area contributed by atoms with Crippen LogP contribution in [0.2, 0.25) is 0 Å². The summed E-state index contributed by atoms with van der Waals surface area (Å²) in [7, 11) is 0. The molecule has 1 aromatic carbocycles. The highest BCUT2D eigenvalue weighted by molar-refractivity contribution is 5.79. The topological polar surface area (TPSA) is 32.3 Å². The third kappa shape index (κ3) is 5.53. The van der Waals surface area contributed by atoms with Crippen molar-refractivity contribution < 1.29 is 9.18 Å². The Morgan fingerprint density at radius 3 is 2.52 bits per heavy atom. The molecule has 138 valence electrons. The fourth-order valence-electron chi connectivity index (χ4n) is 4.20. The summed E-state index contributed by atoms with van der Waals surface area (Å²) in [5.41, 5.74) is 0.726. The number of hydrogen-bond acceptors (Lipinski definition) is 2. The summed E-state index contributed by atoms with van der Waals surface area (Å²) in [6, 6.07) is 7.31. The Morgan fingerprint density at radius 2 is 1.76 bits per heavy atom. The van der Waals surface area contributed by atoms with Gasteiger partial charge in [0.1, 0.15) is 5.82 Å². The van der Waals surface area contributed by atoms with Crippen LogP contribution in [0, 0.1) is 11.7 Å². The smallest absolute Gasteiger partial charge is 0.224 e. The Hall–Kier alpha value is -1.42. The Morgan fingerprint density at radius 1 is 1.04 bits per heavy atom. The van der Waals surface area contributed by atoms with Crippen molar-refractivity contribution >= 4 is 5.91 Å². The third-order valence-corrected chi connectivity index (χ3v) is 5.68. The Labute approximate surface area is 151 Å². The summed E-state index contributed by atoms with van der Waals surface area (Å²) in [4.78, 5) is 14.9. The Bertz CT molecular complexity index is 555. The number of benzene rings is 1. The minimum Gasteiger partial charge on any atom is -0.353 e. The lowest BCUT2D eigenvalue weighted by molar-refractivity contribution is -0.127. The minimum absolute atomic E-state index is 0.0472. The lowest BCUT2D eigenvalue weighted by Gasteiger charge is -2.33. The van der Waals surface area contributed by atoms with Crippen molar-refractivity contribution in [2.24, 2.45) is 5.92 Å². The molecule has 1 amide bonds. The molecule has 3 rings (SSSR count). The van der Waals surface area contributed by atoms with Gasteiger partial charge in [-0.25, -0.2) is 4.39 Å². The van der Waals surface area contributed by atoms with Gasteiger partial charge in [0.2, 0.25) is 5.91 Å². The van der Waals surface area contributed by atoms with Crippen LogP contribution in [0.25, 0.3) is 0 Å². The van der Waals surface area contributed by atoms with E-state index in [9.17, 15) is 9.18 Å². The molecule has 0 aromatic heterocycles. The largest absolute Gasteiger partial charge is 0.353 e. The second kappa shape index (κ2) is 9.33. The van der Waals surface area contributed by atoms with Crippen molar-refractivity contribution in [3.05, 3.63) is 35.6 Å². The van der Waals surface area contributed by atoms with Gasteiger partial charge in [-0.2, -0.15) is 0 Å². The van der Waals surface area contributed by atoms with Crippen LogP contribution < -0.4 is 5.32 Å². The van der Waals surface area contributed by atoms with E-state index in [4.69, 9.17) is 0 Å². The average Bonchev–Trinajstić information content (AvgIpc) is 2.59. The number of carbonyl (C=O) groups is 1. The van der Waals surface area contributed by atoms with Gasteiger partial charge in [0.25, 0.3) is 0 Å². The second-order valence-corrected chi connectivity index (χ2v) is 7.72. The number of carbonyl (C=O) groups excluding carboxylic acids is 1. The van der Waals surface area contributed by atoms with Crippen LogP contribution in [0.3, 0.4) is 0 Å². The average molecular weight is 346 g/mol. The first kappa shape index (κ1) is 18.4. The molecule has 0 spiro atoms. The zero-order valence-electron chi connectivity index (χ0n) is 15.2. The number of nitrogens with zero attached hydrogens (tertiary/aromatic N) is 1. The lowest BCUT2D eigenvalue weighted by atomic mass is 9.93. The zero-order valence-corrected chi connectivity index (χ0v) is 15.2. The molecule has 1 aliphatic carbocycles. The fourth-order valence-corrected chi connectivity index (χ4v) is 4.20. The van der Waals surface area contributed by atoms with Gasteiger partial charge in [-0.3, -0.25) is 9.69 Å². The highest BCUT2D eigenvalue weighted by Crippen LogP contribution is 2.22. The molecule has 1 heterocycles.